The van der Waals surface area contributed by atoms with Crippen LogP contribution < -0.4 is 5.63 Å². The van der Waals surface area contributed by atoms with Crippen LogP contribution in [-0.2, 0) is 0 Å². The third kappa shape index (κ3) is 1.55. The first kappa shape index (κ1) is 11.1. The Kier molecular flexibility index (Phi) is 2.31. The van der Waals surface area contributed by atoms with Crippen LogP contribution >= 0.6 is 15.9 Å². The molecule has 2 N–H and O–H groups in total. The highest BCUT2D eigenvalue weighted by Gasteiger charge is 2.10. The van der Waals surface area contributed by atoms with Gasteiger partial charge in [-0.3, -0.25) is 0 Å². The Hall–Kier alpha value is -2.01. The van der Waals surface area contributed by atoms with Gasteiger partial charge in [0, 0.05) is 16.8 Å². The maximum atomic E-state index is 11.8. The number of phenolic OH excluding ortho intramolecular Hbond substituents is 2. The van der Waals surface area contributed by atoms with Gasteiger partial charge in [0.25, 0.3) is 0 Å². The van der Waals surface area contributed by atoms with E-state index in [4.69, 9.17) is 4.42 Å². The van der Waals surface area contributed by atoms with E-state index in [1.165, 1.54) is 18.2 Å². The van der Waals surface area contributed by atoms with Crippen LogP contribution in [0.2, 0.25) is 0 Å². The molecule has 3 rings (SSSR count). The summed E-state index contributed by atoms with van der Waals surface area (Å²) in [6.07, 6.45) is 0. The normalized spacial score (nSPS) is 11.2. The molecule has 0 aliphatic rings. The largest absolute Gasteiger partial charge is 0.508 e. The van der Waals surface area contributed by atoms with Gasteiger partial charge in [-0.25, -0.2) is 4.79 Å². The van der Waals surface area contributed by atoms with E-state index < -0.39 is 5.63 Å². The van der Waals surface area contributed by atoms with Crippen LogP contribution in [0.15, 0.2) is 44.0 Å². The van der Waals surface area contributed by atoms with E-state index in [2.05, 4.69) is 15.9 Å². The van der Waals surface area contributed by atoms with Gasteiger partial charge in [0.15, 0.2) is 0 Å². The Morgan fingerprint density at radius 2 is 1.78 bits per heavy atom. The number of fused-ring (bicyclic) bond motifs is 3. The number of phenols is 2. The van der Waals surface area contributed by atoms with E-state index in [9.17, 15) is 15.0 Å². The van der Waals surface area contributed by atoms with Gasteiger partial charge in [-0.15, -0.1) is 0 Å². The summed E-state index contributed by atoms with van der Waals surface area (Å²) in [7, 11) is 0. The molecule has 18 heavy (non-hydrogen) atoms. The number of aromatic hydroxyl groups is 2. The zero-order valence-corrected chi connectivity index (χ0v) is 10.6. The fourth-order valence-electron chi connectivity index (χ4n) is 1.93. The monoisotopic (exact) mass is 306 g/mol. The lowest BCUT2D eigenvalue weighted by molar-refractivity contribution is 0.469. The van der Waals surface area contributed by atoms with Gasteiger partial charge in [-0.2, -0.15) is 0 Å². The van der Waals surface area contributed by atoms with E-state index >= 15 is 0 Å². The standard InChI is InChI=1S/C13H7BrO4/c14-10-4-8-7-2-1-6(15)3-9(7)13(17)18-12(8)5-11(10)16/h1-5,15-16H. The fraction of sp³-hybridized carbons (Fsp3) is 0. The van der Waals surface area contributed by atoms with Crippen LogP contribution in [0.1, 0.15) is 0 Å². The van der Waals surface area contributed by atoms with E-state index in [0.717, 1.165) is 0 Å². The number of halogens is 1. The minimum atomic E-state index is -0.546. The maximum absolute atomic E-state index is 11.8. The van der Waals surface area contributed by atoms with Gasteiger partial charge in [-0.1, -0.05) is 0 Å². The summed E-state index contributed by atoms with van der Waals surface area (Å²) in [5.74, 6) is 0.00997. The van der Waals surface area contributed by atoms with Gasteiger partial charge in [0.2, 0.25) is 0 Å². The molecular formula is C13H7BrO4. The molecule has 0 spiro atoms. The van der Waals surface area contributed by atoms with Crippen molar-refractivity contribution in [1.82, 2.24) is 0 Å². The van der Waals surface area contributed by atoms with Crippen molar-refractivity contribution in [2.45, 2.75) is 0 Å². The van der Waals surface area contributed by atoms with Crippen molar-refractivity contribution in [2.24, 2.45) is 0 Å². The summed E-state index contributed by atoms with van der Waals surface area (Å²) >= 11 is 3.22. The third-order valence-electron chi connectivity index (χ3n) is 2.76. The summed E-state index contributed by atoms with van der Waals surface area (Å²) in [6.45, 7) is 0. The smallest absolute Gasteiger partial charge is 0.344 e. The van der Waals surface area contributed by atoms with Crippen LogP contribution in [0.3, 0.4) is 0 Å². The molecule has 4 nitrogen and oxygen atoms in total. The summed E-state index contributed by atoms with van der Waals surface area (Å²) in [5, 5.41) is 20.6. The van der Waals surface area contributed by atoms with E-state index in [1.807, 2.05) is 0 Å². The minimum absolute atomic E-state index is 0.00350. The molecular weight excluding hydrogens is 300 g/mol. The van der Waals surface area contributed by atoms with Crippen molar-refractivity contribution in [3.05, 3.63) is 45.2 Å². The Morgan fingerprint density at radius 1 is 1.00 bits per heavy atom. The van der Waals surface area contributed by atoms with Gasteiger partial charge in [0.1, 0.15) is 17.1 Å². The SMILES string of the molecule is O=c1oc2cc(O)c(Br)cc2c2ccc(O)cc12. The molecule has 5 heteroatoms. The lowest BCUT2D eigenvalue weighted by Gasteiger charge is -2.04. The molecule has 90 valence electrons. The van der Waals surface area contributed by atoms with Crippen LogP contribution in [-0.4, -0.2) is 10.2 Å². The van der Waals surface area contributed by atoms with E-state index in [0.29, 0.717) is 26.2 Å². The number of rotatable bonds is 0. The molecule has 0 aliphatic heterocycles. The number of benzene rings is 2. The van der Waals surface area contributed by atoms with Gasteiger partial charge in [0.05, 0.1) is 9.86 Å². The molecule has 3 aromatic rings. The summed E-state index contributed by atoms with van der Waals surface area (Å²) < 4.78 is 5.63. The Bertz CT molecular complexity index is 836. The van der Waals surface area contributed by atoms with Crippen LogP contribution in [0, 0.1) is 0 Å². The predicted molar refractivity (Wildman–Crippen MR) is 71.0 cm³/mol. The average molecular weight is 307 g/mol. The van der Waals surface area contributed by atoms with Crippen molar-refractivity contribution in [1.29, 1.82) is 0 Å². The lowest BCUT2D eigenvalue weighted by Crippen LogP contribution is -1.99. The zero-order chi connectivity index (χ0) is 12.9. The molecule has 0 aliphatic carbocycles. The Labute approximate surface area is 109 Å². The quantitative estimate of drug-likeness (QED) is 0.494. The fourth-order valence-corrected chi connectivity index (χ4v) is 2.27. The minimum Gasteiger partial charge on any atom is -0.508 e. The molecule has 0 unspecified atom stereocenters. The predicted octanol–water partition coefficient (Wildman–Crippen LogP) is 3.12. The second kappa shape index (κ2) is 3.74. The average Bonchev–Trinajstić information content (AvgIpc) is 2.32. The second-order valence-corrected chi connectivity index (χ2v) is 4.77. The van der Waals surface area contributed by atoms with Crippen molar-refractivity contribution in [3.8, 4) is 11.5 Å². The topological polar surface area (TPSA) is 70.7 Å². The first-order chi connectivity index (χ1) is 8.56. The molecule has 0 saturated heterocycles. The number of hydrogen-bond donors (Lipinski definition) is 2. The molecule has 0 amide bonds. The Morgan fingerprint density at radius 3 is 2.56 bits per heavy atom. The summed E-state index contributed by atoms with van der Waals surface area (Å²) in [4.78, 5) is 11.8. The Balaban J connectivity index is 2.60. The third-order valence-corrected chi connectivity index (χ3v) is 3.40. The summed E-state index contributed by atoms with van der Waals surface area (Å²) in [5.41, 5.74) is -0.242. The van der Waals surface area contributed by atoms with Crippen LogP contribution in [0.5, 0.6) is 11.5 Å². The maximum Gasteiger partial charge on any atom is 0.344 e. The van der Waals surface area contributed by atoms with Crippen molar-refractivity contribution < 1.29 is 14.6 Å². The van der Waals surface area contributed by atoms with Crippen molar-refractivity contribution in [3.63, 3.8) is 0 Å². The van der Waals surface area contributed by atoms with Crippen molar-refractivity contribution >= 4 is 37.7 Å². The molecule has 0 bridgehead atoms. The molecule has 1 heterocycles. The highest BCUT2D eigenvalue weighted by molar-refractivity contribution is 9.10. The van der Waals surface area contributed by atoms with Gasteiger partial charge >= 0.3 is 5.63 Å². The molecule has 0 fully saturated rings. The van der Waals surface area contributed by atoms with Gasteiger partial charge in [-0.05, 0) is 40.2 Å². The second-order valence-electron chi connectivity index (χ2n) is 3.92. The van der Waals surface area contributed by atoms with E-state index in [1.54, 1.807) is 12.1 Å². The molecule has 1 aromatic heterocycles. The lowest BCUT2D eigenvalue weighted by atomic mass is 10.1. The van der Waals surface area contributed by atoms with E-state index in [-0.39, 0.29) is 11.5 Å². The molecule has 2 aromatic carbocycles. The highest BCUT2D eigenvalue weighted by atomic mass is 79.9. The molecule has 0 atom stereocenters. The highest BCUT2D eigenvalue weighted by Crippen LogP contribution is 2.32. The molecule has 0 radical (unpaired) electrons. The van der Waals surface area contributed by atoms with Crippen LogP contribution in [0.25, 0.3) is 21.7 Å². The zero-order valence-electron chi connectivity index (χ0n) is 8.98. The summed E-state index contributed by atoms with van der Waals surface area (Å²) in [6, 6.07) is 7.57. The van der Waals surface area contributed by atoms with Crippen molar-refractivity contribution in [2.75, 3.05) is 0 Å². The first-order valence-electron chi connectivity index (χ1n) is 5.14. The number of hydrogen-bond acceptors (Lipinski definition) is 4. The van der Waals surface area contributed by atoms with Crippen LogP contribution in [0.4, 0.5) is 0 Å². The van der Waals surface area contributed by atoms with Gasteiger partial charge < -0.3 is 14.6 Å². The molecule has 0 saturated carbocycles. The first-order valence-corrected chi connectivity index (χ1v) is 5.93.